The molecule has 1 atom stereocenters. The van der Waals surface area contributed by atoms with Gasteiger partial charge in [0, 0.05) is 24.4 Å². The fourth-order valence-electron chi connectivity index (χ4n) is 3.37. The number of aromatic nitrogens is 2. The van der Waals surface area contributed by atoms with Gasteiger partial charge in [0.15, 0.2) is 0 Å². The van der Waals surface area contributed by atoms with Gasteiger partial charge < -0.3 is 10.1 Å². The van der Waals surface area contributed by atoms with Crippen LogP contribution in [-0.2, 0) is 27.4 Å². The SMILES string of the molecule is CCCn1c(=O)n(CCC(=O)NC(CC(=O)OC)c2cccs2)c2ccccc21. The first kappa shape index (κ1) is 20.9. The maximum Gasteiger partial charge on any atom is 0.329 e. The van der Waals surface area contributed by atoms with E-state index >= 15 is 0 Å². The van der Waals surface area contributed by atoms with E-state index in [1.807, 2.05) is 48.7 Å². The summed E-state index contributed by atoms with van der Waals surface area (Å²) in [5, 5.41) is 4.80. The van der Waals surface area contributed by atoms with Crippen molar-refractivity contribution in [2.24, 2.45) is 0 Å². The lowest BCUT2D eigenvalue weighted by Gasteiger charge is -2.16. The lowest BCUT2D eigenvalue weighted by molar-refractivity contribution is -0.141. The van der Waals surface area contributed by atoms with E-state index < -0.39 is 6.04 Å². The van der Waals surface area contributed by atoms with Crippen LogP contribution in [-0.4, -0.2) is 28.1 Å². The summed E-state index contributed by atoms with van der Waals surface area (Å²) >= 11 is 1.47. The second kappa shape index (κ2) is 9.56. The molecule has 0 radical (unpaired) electrons. The summed E-state index contributed by atoms with van der Waals surface area (Å²) in [5.74, 6) is -0.603. The number of carbonyl (C=O) groups excluding carboxylic acids is 2. The Balaban J connectivity index is 1.74. The molecule has 0 aliphatic heterocycles. The number of benzene rings is 1. The van der Waals surface area contributed by atoms with Crippen LogP contribution in [0.5, 0.6) is 0 Å². The van der Waals surface area contributed by atoms with Gasteiger partial charge in [0.05, 0.1) is 30.6 Å². The molecule has 154 valence electrons. The first-order valence-corrected chi connectivity index (χ1v) is 10.5. The number of hydrogen-bond donors (Lipinski definition) is 1. The molecule has 2 heterocycles. The van der Waals surface area contributed by atoms with E-state index in [-0.39, 0.29) is 37.0 Å². The van der Waals surface area contributed by atoms with Crippen molar-refractivity contribution >= 4 is 34.2 Å². The average Bonchev–Trinajstić information content (AvgIpc) is 3.34. The number of aryl methyl sites for hydroxylation is 2. The molecular weight excluding hydrogens is 390 g/mol. The van der Waals surface area contributed by atoms with Crippen molar-refractivity contribution in [2.45, 2.75) is 45.3 Å². The molecule has 0 aliphatic rings. The summed E-state index contributed by atoms with van der Waals surface area (Å²) in [5.41, 5.74) is 1.59. The Bertz CT molecular complexity index is 1040. The summed E-state index contributed by atoms with van der Waals surface area (Å²) in [4.78, 5) is 38.0. The van der Waals surface area contributed by atoms with Crippen molar-refractivity contribution in [3.05, 3.63) is 57.1 Å². The third kappa shape index (κ3) is 4.76. The molecule has 3 aromatic rings. The van der Waals surface area contributed by atoms with E-state index in [1.54, 1.807) is 9.13 Å². The van der Waals surface area contributed by atoms with Gasteiger partial charge in [-0.15, -0.1) is 11.3 Å². The van der Waals surface area contributed by atoms with Gasteiger partial charge in [-0.3, -0.25) is 18.7 Å². The molecule has 0 saturated heterocycles. The molecule has 0 bridgehead atoms. The molecule has 1 unspecified atom stereocenters. The maximum absolute atomic E-state index is 12.8. The number of nitrogens with zero attached hydrogens (tertiary/aromatic N) is 2. The van der Waals surface area contributed by atoms with Crippen LogP contribution in [0.1, 0.15) is 37.1 Å². The first-order chi connectivity index (χ1) is 14.0. The zero-order valence-electron chi connectivity index (χ0n) is 16.6. The minimum Gasteiger partial charge on any atom is -0.469 e. The van der Waals surface area contributed by atoms with Crippen molar-refractivity contribution in [1.82, 2.24) is 14.5 Å². The Morgan fingerprint density at radius 2 is 1.79 bits per heavy atom. The summed E-state index contributed by atoms with van der Waals surface area (Å²) < 4.78 is 8.14. The van der Waals surface area contributed by atoms with Crippen LogP contribution < -0.4 is 11.0 Å². The summed E-state index contributed by atoms with van der Waals surface area (Å²) in [6.45, 7) is 2.94. The molecule has 1 amide bonds. The summed E-state index contributed by atoms with van der Waals surface area (Å²) in [6.07, 6.45) is 1.06. The number of carbonyl (C=O) groups is 2. The molecule has 0 fully saturated rings. The van der Waals surface area contributed by atoms with Gasteiger partial charge in [-0.2, -0.15) is 0 Å². The minimum atomic E-state index is -0.437. The number of amides is 1. The lowest BCUT2D eigenvalue weighted by Crippen LogP contribution is -2.32. The number of hydrogen-bond acceptors (Lipinski definition) is 5. The second-order valence-electron chi connectivity index (χ2n) is 6.74. The number of imidazole rings is 1. The molecule has 29 heavy (non-hydrogen) atoms. The highest BCUT2D eigenvalue weighted by Gasteiger charge is 2.20. The molecule has 1 aromatic carbocycles. The Morgan fingerprint density at radius 1 is 1.10 bits per heavy atom. The third-order valence-electron chi connectivity index (χ3n) is 4.76. The van der Waals surface area contributed by atoms with E-state index in [4.69, 9.17) is 4.74 Å². The zero-order chi connectivity index (χ0) is 20.8. The van der Waals surface area contributed by atoms with Gasteiger partial charge in [0.25, 0.3) is 0 Å². The Hall–Kier alpha value is -2.87. The van der Waals surface area contributed by atoms with E-state index in [0.717, 1.165) is 22.3 Å². The molecule has 3 rings (SSSR count). The number of methoxy groups -OCH3 is 1. The van der Waals surface area contributed by atoms with Crippen LogP contribution in [0.4, 0.5) is 0 Å². The minimum absolute atomic E-state index is 0.0680. The van der Waals surface area contributed by atoms with Crippen LogP contribution in [0.2, 0.25) is 0 Å². The van der Waals surface area contributed by atoms with Crippen molar-refractivity contribution in [3.63, 3.8) is 0 Å². The molecule has 2 aromatic heterocycles. The number of fused-ring (bicyclic) bond motifs is 1. The number of esters is 1. The van der Waals surface area contributed by atoms with Crippen LogP contribution in [0.25, 0.3) is 11.0 Å². The zero-order valence-corrected chi connectivity index (χ0v) is 17.4. The van der Waals surface area contributed by atoms with Crippen molar-refractivity contribution < 1.29 is 14.3 Å². The lowest BCUT2D eigenvalue weighted by atomic mass is 10.1. The highest BCUT2D eigenvalue weighted by Crippen LogP contribution is 2.22. The molecule has 7 nitrogen and oxygen atoms in total. The first-order valence-electron chi connectivity index (χ1n) is 9.62. The standard InChI is InChI=1S/C21H25N3O4S/c1-3-11-23-16-7-4-5-8-17(16)24(21(23)27)12-10-19(25)22-15(14-20(26)28-2)18-9-6-13-29-18/h4-9,13,15H,3,10-12,14H2,1-2H3,(H,22,25). The number of thiophene rings is 1. The maximum atomic E-state index is 12.8. The Morgan fingerprint density at radius 3 is 2.38 bits per heavy atom. The van der Waals surface area contributed by atoms with Crippen molar-refractivity contribution in [2.75, 3.05) is 7.11 Å². The average molecular weight is 416 g/mol. The Labute approximate surface area is 172 Å². The quantitative estimate of drug-likeness (QED) is 0.545. The molecule has 8 heteroatoms. The van der Waals surface area contributed by atoms with Crippen LogP contribution in [0, 0.1) is 0 Å². The van der Waals surface area contributed by atoms with E-state index in [0.29, 0.717) is 6.54 Å². The monoisotopic (exact) mass is 415 g/mol. The van der Waals surface area contributed by atoms with Gasteiger partial charge in [0.1, 0.15) is 0 Å². The predicted octanol–water partition coefficient (Wildman–Crippen LogP) is 3.09. The normalized spacial score (nSPS) is 12.1. The summed E-state index contributed by atoms with van der Waals surface area (Å²) in [7, 11) is 1.33. The largest absolute Gasteiger partial charge is 0.469 e. The number of rotatable bonds is 9. The fourth-order valence-corrected chi connectivity index (χ4v) is 4.15. The number of nitrogens with one attached hydrogen (secondary N) is 1. The van der Waals surface area contributed by atoms with Gasteiger partial charge in [-0.25, -0.2) is 4.79 Å². The topological polar surface area (TPSA) is 82.3 Å². The molecule has 0 saturated carbocycles. The van der Waals surface area contributed by atoms with Crippen LogP contribution in [0.15, 0.2) is 46.6 Å². The van der Waals surface area contributed by atoms with Crippen molar-refractivity contribution in [1.29, 1.82) is 0 Å². The van der Waals surface area contributed by atoms with E-state index in [2.05, 4.69) is 5.32 Å². The van der Waals surface area contributed by atoms with Crippen LogP contribution in [0.3, 0.4) is 0 Å². The summed E-state index contributed by atoms with van der Waals surface area (Å²) in [6, 6.07) is 10.9. The van der Waals surface area contributed by atoms with E-state index in [1.165, 1.54) is 18.4 Å². The highest BCUT2D eigenvalue weighted by atomic mass is 32.1. The third-order valence-corrected chi connectivity index (χ3v) is 5.74. The number of para-hydroxylation sites is 2. The van der Waals surface area contributed by atoms with Crippen molar-refractivity contribution in [3.8, 4) is 0 Å². The fraction of sp³-hybridized carbons (Fsp3) is 0.381. The molecule has 1 N–H and O–H groups in total. The van der Waals surface area contributed by atoms with Gasteiger partial charge in [-0.05, 0) is 30.0 Å². The highest BCUT2D eigenvalue weighted by molar-refractivity contribution is 7.10. The van der Waals surface area contributed by atoms with Crippen LogP contribution >= 0.6 is 11.3 Å². The predicted molar refractivity (Wildman–Crippen MR) is 113 cm³/mol. The molecule has 0 aliphatic carbocycles. The molecule has 0 spiro atoms. The van der Waals surface area contributed by atoms with E-state index in [9.17, 15) is 14.4 Å². The smallest absolute Gasteiger partial charge is 0.329 e. The van der Waals surface area contributed by atoms with Gasteiger partial charge >= 0.3 is 11.7 Å². The Kier molecular flexibility index (Phi) is 6.87. The van der Waals surface area contributed by atoms with Gasteiger partial charge in [0.2, 0.25) is 5.91 Å². The second-order valence-corrected chi connectivity index (χ2v) is 7.72. The number of ether oxygens (including phenoxy) is 1. The van der Waals surface area contributed by atoms with Gasteiger partial charge in [-0.1, -0.05) is 25.1 Å². The molecular formula is C21H25N3O4S.